The van der Waals surface area contributed by atoms with Gasteiger partial charge < -0.3 is 20.6 Å². The van der Waals surface area contributed by atoms with Crippen molar-refractivity contribution in [2.24, 2.45) is 0 Å². The topological polar surface area (TPSA) is 145 Å². The van der Waals surface area contributed by atoms with Gasteiger partial charge in [-0.2, -0.15) is 0 Å². The monoisotopic (exact) mass is 479 g/mol. The van der Waals surface area contributed by atoms with E-state index in [1.165, 1.54) is 36.1 Å². The minimum absolute atomic E-state index is 0.0239. The molecular weight excluding hydrogens is 454 g/mol. The van der Waals surface area contributed by atoms with Gasteiger partial charge in [-0.3, -0.25) is 10.1 Å². The highest BCUT2D eigenvalue weighted by Crippen LogP contribution is 2.39. The van der Waals surface area contributed by atoms with Gasteiger partial charge in [0.15, 0.2) is 0 Å². The predicted octanol–water partition coefficient (Wildman–Crippen LogP) is 2.66. The second-order valence-electron chi connectivity index (χ2n) is 8.39. The molecule has 182 valence electrons. The number of urea groups is 2. The van der Waals surface area contributed by atoms with Crippen LogP contribution in [0, 0.1) is 10.1 Å². The van der Waals surface area contributed by atoms with Crippen LogP contribution in [0.3, 0.4) is 0 Å². The third-order valence-corrected chi connectivity index (χ3v) is 6.22. The summed E-state index contributed by atoms with van der Waals surface area (Å²) >= 11 is 0. The molecule has 11 nitrogen and oxygen atoms in total. The second kappa shape index (κ2) is 9.94. The number of piperazine rings is 1. The number of para-hydroxylation sites is 1. The number of rotatable bonds is 5. The zero-order valence-corrected chi connectivity index (χ0v) is 19.0. The van der Waals surface area contributed by atoms with Gasteiger partial charge in [0.2, 0.25) is 0 Å². The molecule has 1 fully saturated rings. The molecule has 2 heterocycles. The van der Waals surface area contributed by atoms with E-state index in [0.29, 0.717) is 19.5 Å². The van der Waals surface area contributed by atoms with Crippen LogP contribution < -0.4 is 10.6 Å². The van der Waals surface area contributed by atoms with E-state index in [-0.39, 0.29) is 35.1 Å². The molecule has 11 heteroatoms. The number of carboxylic acid groups (broad SMARTS) is 1. The first-order valence-electron chi connectivity index (χ1n) is 11.1. The van der Waals surface area contributed by atoms with Crippen molar-refractivity contribution in [1.82, 2.24) is 20.4 Å². The zero-order valence-electron chi connectivity index (χ0n) is 19.0. The lowest BCUT2D eigenvalue weighted by Gasteiger charge is -2.42. The van der Waals surface area contributed by atoms with Crippen molar-refractivity contribution < 1.29 is 24.4 Å². The first kappa shape index (κ1) is 23.9. The number of nitro benzene ring substituents is 1. The number of nitrogens with zero attached hydrogens (tertiary/aromatic N) is 3. The number of benzene rings is 2. The van der Waals surface area contributed by atoms with Crippen LogP contribution in [0.2, 0.25) is 0 Å². The maximum Gasteiger partial charge on any atom is 0.335 e. The van der Waals surface area contributed by atoms with Crippen LogP contribution in [0.15, 0.2) is 65.9 Å². The number of allylic oxidation sites excluding steroid dienone is 1. The molecule has 2 aromatic carbocycles. The summed E-state index contributed by atoms with van der Waals surface area (Å²) in [6.07, 6.45) is 0.520. The molecule has 0 saturated carbocycles. The van der Waals surface area contributed by atoms with E-state index in [1.807, 2.05) is 30.3 Å². The Hall–Kier alpha value is -4.25. The number of aliphatic carboxylic acids is 1. The van der Waals surface area contributed by atoms with Crippen molar-refractivity contribution in [2.75, 3.05) is 19.6 Å². The third kappa shape index (κ3) is 4.71. The van der Waals surface area contributed by atoms with E-state index in [0.717, 1.165) is 10.5 Å². The Morgan fingerprint density at radius 1 is 1.14 bits per heavy atom. The molecule has 2 aliphatic rings. The molecule has 0 bridgehead atoms. The predicted molar refractivity (Wildman–Crippen MR) is 125 cm³/mol. The van der Waals surface area contributed by atoms with Gasteiger partial charge in [-0.05, 0) is 25.0 Å². The molecule has 35 heavy (non-hydrogen) atoms. The lowest BCUT2D eigenvalue weighted by Crippen LogP contribution is -2.61. The van der Waals surface area contributed by atoms with E-state index in [1.54, 1.807) is 0 Å². The molecule has 2 aliphatic heterocycles. The van der Waals surface area contributed by atoms with E-state index in [2.05, 4.69) is 10.6 Å². The van der Waals surface area contributed by atoms with Crippen LogP contribution >= 0.6 is 0 Å². The van der Waals surface area contributed by atoms with Crippen molar-refractivity contribution in [2.45, 2.75) is 25.4 Å². The van der Waals surface area contributed by atoms with Crippen molar-refractivity contribution in [3.05, 3.63) is 87.1 Å². The van der Waals surface area contributed by atoms with Crippen LogP contribution in [0.1, 0.15) is 24.1 Å². The highest BCUT2D eigenvalue weighted by Gasteiger charge is 2.46. The summed E-state index contributed by atoms with van der Waals surface area (Å²) in [7, 11) is 0. The molecule has 2 unspecified atom stereocenters. The molecular formula is C24H25N5O6. The smallest absolute Gasteiger partial charge is 0.335 e. The fourth-order valence-corrected chi connectivity index (χ4v) is 4.61. The third-order valence-electron chi connectivity index (χ3n) is 6.22. The first-order valence-corrected chi connectivity index (χ1v) is 11.1. The number of carbonyl (C=O) groups is 3. The SMILES string of the molecule is CC1=C(C(=O)O)C(c2ccccc2[N+](=O)[O-])N(C(=O)N2CCNCC2Cc2ccccc2)C(=O)N1. The minimum atomic E-state index is -1.47. The lowest BCUT2D eigenvalue weighted by molar-refractivity contribution is -0.385. The number of carboxylic acids is 1. The average Bonchev–Trinajstić information content (AvgIpc) is 2.84. The molecule has 0 radical (unpaired) electrons. The molecule has 2 aromatic rings. The molecule has 3 N–H and O–H groups in total. The summed E-state index contributed by atoms with van der Waals surface area (Å²) < 4.78 is 0. The van der Waals surface area contributed by atoms with Crippen LogP contribution in [0.5, 0.6) is 0 Å². The summed E-state index contributed by atoms with van der Waals surface area (Å²) in [5, 5.41) is 27.4. The van der Waals surface area contributed by atoms with Gasteiger partial charge in [-0.1, -0.05) is 42.5 Å². The van der Waals surface area contributed by atoms with Gasteiger partial charge in [-0.25, -0.2) is 19.3 Å². The molecule has 4 amide bonds. The highest BCUT2D eigenvalue weighted by molar-refractivity contribution is 6.01. The van der Waals surface area contributed by atoms with Crippen molar-refractivity contribution in [3.63, 3.8) is 0 Å². The minimum Gasteiger partial charge on any atom is -0.478 e. The van der Waals surface area contributed by atoms with Gasteiger partial charge >= 0.3 is 18.0 Å². The Labute approximate surface area is 201 Å². The average molecular weight is 479 g/mol. The lowest BCUT2D eigenvalue weighted by atomic mass is 9.92. The van der Waals surface area contributed by atoms with Crippen LogP contribution in [-0.4, -0.2) is 63.5 Å². The van der Waals surface area contributed by atoms with Crippen LogP contribution in [0.4, 0.5) is 15.3 Å². The maximum absolute atomic E-state index is 13.9. The molecule has 0 aliphatic carbocycles. The molecule has 4 rings (SSSR count). The summed E-state index contributed by atoms with van der Waals surface area (Å²) in [4.78, 5) is 52.7. The van der Waals surface area contributed by atoms with E-state index >= 15 is 0 Å². The largest absolute Gasteiger partial charge is 0.478 e. The fraction of sp³-hybridized carbons (Fsp3) is 0.292. The number of nitro groups is 1. The Balaban J connectivity index is 1.78. The van der Waals surface area contributed by atoms with Crippen LogP contribution in [-0.2, 0) is 11.2 Å². The van der Waals surface area contributed by atoms with E-state index in [4.69, 9.17) is 0 Å². The van der Waals surface area contributed by atoms with Crippen molar-refractivity contribution in [1.29, 1.82) is 0 Å². The fourth-order valence-electron chi connectivity index (χ4n) is 4.61. The van der Waals surface area contributed by atoms with Gasteiger partial charge in [0.05, 0.1) is 16.1 Å². The molecule has 0 aromatic heterocycles. The standard InChI is InChI=1S/C24H25N5O6/c1-15-20(22(30)31)21(18-9-5-6-10-19(18)29(34)35)28(23(32)26-15)24(33)27-12-11-25-14-17(27)13-16-7-3-2-4-8-16/h2-10,17,21,25H,11-14H2,1H3,(H,26,32)(H,30,31). The normalized spacial score (nSPS) is 20.4. The Morgan fingerprint density at radius 3 is 2.51 bits per heavy atom. The van der Waals surface area contributed by atoms with Gasteiger partial charge in [0.1, 0.15) is 6.04 Å². The quantitative estimate of drug-likeness (QED) is 0.441. The summed E-state index contributed by atoms with van der Waals surface area (Å²) in [5.41, 5.74) is 0.294. The van der Waals surface area contributed by atoms with Crippen molar-refractivity contribution in [3.8, 4) is 0 Å². The van der Waals surface area contributed by atoms with Gasteiger partial charge in [-0.15, -0.1) is 0 Å². The Kier molecular flexibility index (Phi) is 6.78. The number of carbonyl (C=O) groups excluding carboxylic acids is 2. The van der Waals surface area contributed by atoms with Crippen LogP contribution in [0.25, 0.3) is 0 Å². The number of hydrogen-bond donors (Lipinski definition) is 3. The Morgan fingerprint density at radius 2 is 1.83 bits per heavy atom. The van der Waals surface area contributed by atoms with E-state index < -0.39 is 29.0 Å². The summed E-state index contributed by atoms with van der Waals surface area (Å²) in [6, 6.07) is 11.8. The maximum atomic E-state index is 13.9. The zero-order chi connectivity index (χ0) is 25.1. The second-order valence-corrected chi connectivity index (χ2v) is 8.39. The highest BCUT2D eigenvalue weighted by atomic mass is 16.6. The first-order chi connectivity index (χ1) is 16.8. The number of amides is 4. The molecule has 1 saturated heterocycles. The summed E-state index contributed by atoms with van der Waals surface area (Å²) in [5.74, 6) is -1.38. The number of imide groups is 1. The van der Waals surface area contributed by atoms with Crippen molar-refractivity contribution >= 4 is 23.7 Å². The van der Waals surface area contributed by atoms with Gasteiger partial charge in [0.25, 0.3) is 5.69 Å². The number of nitrogens with one attached hydrogen (secondary N) is 2. The summed E-state index contributed by atoms with van der Waals surface area (Å²) in [6.45, 7) is 2.65. The molecule has 2 atom stereocenters. The number of hydrogen-bond acceptors (Lipinski definition) is 6. The molecule has 0 spiro atoms. The Bertz CT molecular complexity index is 1200. The van der Waals surface area contributed by atoms with Gasteiger partial charge in [0, 0.05) is 37.4 Å². The van der Waals surface area contributed by atoms with E-state index in [9.17, 15) is 29.6 Å².